The maximum absolute atomic E-state index is 13.6. The Kier molecular flexibility index (Phi) is 9.17. The second kappa shape index (κ2) is 12.3. The number of alkyl halides is 3. The topological polar surface area (TPSA) is 68.3 Å². The smallest absolute Gasteiger partial charge is 0.421 e. The van der Waals surface area contributed by atoms with Crippen LogP contribution < -0.4 is 20.1 Å². The number of aromatic nitrogens is 2. The normalized spacial score (nSPS) is 11.4. The van der Waals surface area contributed by atoms with E-state index in [1.54, 1.807) is 48.5 Å². The first kappa shape index (κ1) is 26.1. The predicted molar refractivity (Wildman–Crippen MR) is 132 cm³/mol. The highest BCUT2D eigenvalue weighted by atomic mass is 19.4. The second-order valence-corrected chi connectivity index (χ2v) is 8.51. The van der Waals surface area contributed by atoms with Gasteiger partial charge in [-0.25, -0.2) is 4.98 Å². The van der Waals surface area contributed by atoms with Gasteiger partial charge in [0.15, 0.2) is 0 Å². The van der Waals surface area contributed by atoms with E-state index in [1.165, 1.54) is 0 Å². The van der Waals surface area contributed by atoms with Gasteiger partial charge in [-0.1, -0.05) is 33.6 Å². The lowest BCUT2D eigenvalue weighted by atomic mass is 10.2. The molecule has 188 valence electrons. The van der Waals surface area contributed by atoms with Crippen LogP contribution in [0.2, 0.25) is 0 Å². The number of hydrogen-bond acceptors (Lipinski definition) is 6. The molecule has 0 amide bonds. The maximum atomic E-state index is 13.6. The molecular formula is C26H31F3N4O2. The largest absolute Gasteiger partial charge is 0.494 e. The minimum atomic E-state index is -4.61. The van der Waals surface area contributed by atoms with Crippen LogP contribution in [0.5, 0.6) is 11.5 Å². The molecule has 0 aliphatic carbocycles. The van der Waals surface area contributed by atoms with E-state index >= 15 is 0 Å². The van der Waals surface area contributed by atoms with E-state index in [9.17, 15) is 13.2 Å². The van der Waals surface area contributed by atoms with Crippen molar-refractivity contribution in [2.75, 3.05) is 23.8 Å². The van der Waals surface area contributed by atoms with Crippen LogP contribution in [0.15, 0.2) is 54.7 Å². The zero-order chi connectivity index (χ0) is 25.3. The van der Waals surface area contributed by atoms with Crippen molar-refractivity contribution in [3.8, 4) is 11.5 Å². The first-order valence-corrected chi connectivity index (χ1v) is 11.7. The van der Waals surface area contributed by atoms with Crippen LogP contribution >= 0.6 is 0 Å². The number of ether oxygens (including phenoxy) is 2. The average Bonchev–Trinajstić information content (AvgIpc) is 2.82. The van der Waals surface area contributed by atoms with Gasteiger partial charge in [0.25, 0.3) is 0 Å². The third kappa shape index (κ3) is 8.35. The number of hydrogen-bond donors (Lipinski definition) is 2. The van der Waals surface area contributed by atoms with Gasteiger partial charge in [-0.05, 0) is 60.9 Å². The van der Waals surface area contributed by atoms with Gasteiger partial charge in [0.05, 0.1) is 13.2 Å². The van der Waals surface area contributed by atoms with Crippen molar-refractivity contribution in [1.29, 1.82) is 0 Å². The highest BCUT2D eigenvalue weighted by molar-refractivity contribution is 5.63. The lowest BCUT2D eigenvalue weighted by Crippen LogP contribution is -2.12. The number of unbranched alkanes of at least 4 members (excludes halogenated alkanes) is 2. The molecule has 1 aromatic heterocycles. The van der Waals surface area contributed by atoms with E-state index in [0.29, 0.717) is 42.0 Å². The van der Waals surface area contributed by atoms with E-state index in [4.69, 9.17) is 9.47 Å². The van der Waals surface area contributed by atoms with Gasteiger partial charge in [0.1, 0.15) is 22.9 Å². The molecule has 2 N–H and O–H groups in total. The summed E-state index contributed by atoms with van der Waals surface area (Å²) in [6.45, 7) is 7.42. The highest BCUT2D eigenvalue weighted by Crippen LogP contribution is 2.35. The second-order valence-electron chi connectivity index (χ2n) is 8.51. The zero-order valence-electron chi connectivity index (χ0n) is 20.2. The molecule has 1 heterocycles. The number of nitrogens with zero attached hydrogens (tertiary/aromatic N) is 2. The number of benzene rings is 2. The molecule has 0 aliphatic heterocycles. The van der Waals surface area contributed by atoms with E-state index < -0.39 is 11.7 Å². The Hall–Kier alpha value is -3.49. The molecule has 0 saturated heterocycles. The highest BCUT2D eigenvalue weighted by Gasteiger charge is 2.35. The fourth-order valence-corrected chi connectivity index (χ4v) is 3.08. The zero-order valence-corrected chi connectivity index (χ0v) is 20.2. The predicted octanol–water partition coefficient (Wildman–Crippen LogP) is 7.59. The summed E-state index contributed by atoms with van der Waals surface area (Å²) in [5, 5.41) is 5.70. The molecule has 3 rings (SSSR count). The number of halogens is 3. The lowest BCUT2D eigenvalue weighted by Gasteiger charge is -2.15. The quantitative estimate of drug-likeness (QED) is 0.256. The van der Waals surface area contributed by atoms with Crippen LogP contribution in [0.1, 0.15) is 45.6 Å². The van der Waals surface area contributed by atoms with Crippen molar-refractivity contribution < 1.29 is 22.6 Å². The first-order valence-electron chi connectivity index (χ1n) is 11.7. The molecule has 0 fully saturated rings. The van der Waals surface area contributed by atoms with Crippen LogP contribution in [0.3, 0.4) is 0 Å². The maximum Gasteiger partial charge on any atom is 0.421 e. The summed E-state index contributed by atoms with van der Waals surface area (Å²) in [5.74, 6) is 1.45. The molecule has 9 heteroatoms. The van der Waals surface area contributed by atoms with Crippen LogP contribution in [0, 0.1) is 5.92 Å². The minimum Gasteiger partial charge on any atom is -0.494 e. The van der Waals surface area contributed by atoms with Gasteiger partial charge in [-0.3, -0.25) is 0 Å². The third-order valence-electron chi connectivity index (χ3n) is 4.92. The molecular weight excluding hydrogens is 457 g/mol. The van der Waals surface area contributed by atoms with Crippen molar-refractivity contribution in [2.45, 2.75) is 46.2 Å². The van der Waals surface area contributed by atoms with Crippen molar-refractivity contribution in [2.24, 2.45) is 5.92 Å². The van der Waals surface area contributed by atoms with Gasteiger partial charge in [-0.2, -0.15) is 18.2 Å². The minimum absolute atomic E-state index is 0.0345. The van der Waals surface area contributed by atoms with Gasteiger partial charge < -0.3 is 20.1 Å². The summed E-state index contributed by atoms with van der Waals surface area (Å²) in [5.41, 5.74) is 0.116. The third-order valence-corrected chi connectivity index (χ3v) is 4.92. The summed E-state index contributed by atoms with van der Waals surface area (Å²) >= 11 is 0. The molecule has 0 spiro atoms. The Morgan fingerprint density at radius 3 is 2.03 bits per heavy atom. The molecule has 2 aromatic carbocycles. The summed E-state index contributed by atoms with van der Waals surface area (Å²) in [7, 11) is 0. The van der Waals surface area contributed by atoms with Crippen molar-refractivity contribution in [3.63, 3.8) is 0 Å². The summed E-state index contributed by atoms with van der Waals surface area (Å²) in [6.07, 6.45) is -0.709. The summed E-state index contributed by atoms with van der Waals surface area (Å²) < 4.78 is 52.0. The fraction of sp³-hybridized carbons (Fsp3) is 0.385. The number of rotatable bonds is 12. The Morgan fingerprint density at radius 1 is 0.857 bits per heavy atom. The van der Waals surface area contributed by atoms with Gasteiger partial charge >= 0.3 is 6.18 Å². The molecule has 0 unspecified atom stereocenters. The molecule has 35 heavy (non-hydrogen) atoms. The molecule has 0 atom stereocenters. The Balaban J connectivity index is 1.72. The van der Waals surface area contributed by atoms with Crippen molar-refractivity contribution in [1.82, 2.24) is 9.97 Å². The Bertz CT molecular complexity index is 1060. The molecule has 3 aromatic rings. The van der Waals surface area contributed by atoms with Crippen LogP contribution in [-0.2, 0) is 6.18 Å². The monoisotopic (exact) mass is 488 g/mol. The molecule has 6 nitrogen and oxygen atoms in total. The van der Waals surface area contributed by atoms with Crippen LogP contribution in [-0.4, -0.2) is 23.2 Å². The standard InChI is InChI=1S/C26H31F3N4O2/c1-4-5-6-15-34-21-11-7-19(8-12-21)31-24-23(26(27,28)29)16-30-25(33-24)32-20-9-13-22(14-10-20)35-17-18(2)3/h7-14,16,18H,4-6,15,17H2,1-3H3,(H2,30,31,32,33). The Morgan fingerprint density at radius 2 is 1.46 bits per heavy atom. The summed E-state index contributed by atoms with van der Waals surface area (Å²) in [6, 6.07) is 13.8. The number of anilines is 4. The van der Waals surface area contributed by atoms with E-state index in [2.05, 4.69) is 41.4 Å². The molecule has 0 aliphatic rings. The Labute approximate surface area is 203 Å². The average molecular weight is 489 g/mol. The summed E-state index contributed by atoms with van der Waals surface area (Å²) in [4.78, 5) is 7.94. The fourth-order valence-electron chi connectivity index (χ4n) is 3.08. The van der Waals surface area contributed by atoms with Crippen molar-refractivity contribution >= 4 is 23.1 Å². The van der Waals surface area contributed by atoms with Crippen LogP contribution in [0.4, 0.5) is 36.3 Å². The number of nitrogens with one attached hydrogen (secondary N) is 2. The first-order chi connectivity index (χ1) is 16.7. The SMILES string of the molecule is CCCCCOc1ccc(Nc2nc(Nc3ccc(OCC(C)C)cc3)ncc2C(F)(F)F)cc1. The molecule has 0 bridgehead atoms. The lowest BCUT2D eigenvalue weighted by molar-refractivity contribution is -0.137. The van der Waals surface area contributed by atoms with Crippen LogP contribution in [0.25, 0.3) is 0 Å². The molecule has 0 saturated carbocycles. The van der Waals surface area contributed by atoms with E-state index in [0.717, 1.165) is 25.5 Å². The van der Waals surface area contributed by atoms with Gasteiger partial charge in [0.2, 0.25) is 5.95 Å². The van der Waals surface area contributed by atoms with Crippen molar-refractivity contribution in [3.05, 3.63) is 60.3 Å². The molecule has 0 radical (unpaired) electrons. The van der Waals surface area contributed by atoms with E-state index in [1.807, 2.05) is 0 Å². The van der Waals surface area contributed by atoms with Gasteiger partial charge in [0, 0.05) is 17.6 Å². The van der Waals surface area contributed by atoms with E-state index in [-0.39, 0.29) is 11.8 Å². The van der Waals surface area contributed by atoms with Gasteiger partial charge in [-0.15, -0.1) is 0 Å².